The van der Waals surface area contributed by atoms with Crippen LogP contribution in [0.4, 0.5) is 5.69 Å². The van der Waals surface area contributed by atoms with Gasteiger partial charge in [0.2, 0.25) is 0 Å². The Labute approximate surface area is 125 Å². The zero-order valence-electron chi connectivity index (χ0n) is 11.5. The van der Waals surface area contributed by atoms with Gasteiger partial charge in [0.25, 0.3) is 5.69 Å². The van der Waals surface area contributed by atoms with Crippen LogP contribution in [0.2, 0.25) is 0 Å². The highest BCUT2D eigenvalue weighted by atomic mass is 16.6. The van der Waals surface area contributed by atoms with Gasteiger partial charge in [0.05, 0.1) is 11.5 Å². The van der Waals surface area contributed by atoms with Crippen LogP contribution in [0.3, 0.4) is 0 Å². The molecule has 3 rings (SSSR count). The Hall–Kier alpha value is -3.27. The Morgan fingerprint density at radius 1 is 1.18 bits per heavy atom. The summed E-state index contributed by atoms with van der Waals surface area (Å²) in [7, 11) is 0. The smallest absolute Gasteiger partial charge is 0.258 e. The molecule has 0 bridgehead atoms. The lowest BCUT2D eigenvalue weighted by Gasteiger charge is -1.92. The molecule has 3 aromatic rings. The van der Waals surface area contributed by atoms with Gasteiger partial charge in [-0.25, -0.2) is 4.98 Å². The summed E-state index contributed by atoms with van der Waals surface area (Å²) in [5.74, 6) is 5.92. The first-order valence-corrected chi connectivity index (χ1v) is 6.62. The van der Waals surface area contributed by atoms with Gasteiger partial charge in [0.15, 0.2) is 5.52 Å². The molecule has 0 saturated heterocycles. The second-order valence-electron chi connectivity index (χ2n) is 4.46. The molecule has 0 unspecified atom stereocenters. The average molecular weight is 293 g/mol. The van der Waals surface area contributed by atoms with Crippen LogP contribution < -0.4 is 0 Å². The molecule has 0 spiro atoms. The molecular formula is C15H11N5O2. The van der Waals surface area contributed by atoms with Gasteiger partial charge >= 0.3 is 0 Å². The van der Waals surface area contributed by atoms with E-state index < -0.39 is 4.92 Å². The van der Waals surface area contributed by atoms with Gasteiger partial charge in [0, 0.05) is 18.7 Å². The highest BCUT2D eigenvalue weighted by Crippen LogP contribution is 2.21. The van der Waals surface area contributed by atoms with E-state index in [2.05, 4.69) is 27.0 Å². The number of hydrogen-bond acceptors (Lipinski definition) is 5. The summed E-state index contributed by atoms with van der Waals surface area (Å²) < 4.78 is 0. The molecular weight excluding hydrogens is 282 g/mol. The first-order chi connectivity index (χ1) is 10.7. The predicted molar refractivity (Wildman–Crippen MR) is 79.9 cm³/mol. The van der Waals surface area contributed by atoms with Crippen LogP contribution in [0.15, 0.2) is 42.6 Å². The van der Waals surface area contributed by atoms with Gasteiger partial charge in [-0.2, -0.15) is 9.90 Å². The van der Waals surface area contributed by atoms with Gasteiger partial charge in [-0.3, -0.25) is 10.1 Å². The van der Waals surface area contributed by atoms with Crippen LogP contribution in [-0.2, 0) is 6.54 Å². The van der Waals surface area contributed by atoms with Gasteiger partial charge in [-0.15, -0.1) is 5.10 Å². The van der Waals surface area contributed by atoms with Crippen LogP contribution in [0.1, 0.15) is 12.1 Å². The van der Waals surface area contributed by atoms with Gasteiger partial charge in [-0.1, -0.05) is 18.1 Å². The maximum Gasteiger partial charge on any atom is 0.299 e. The van der Waals surface area contributed by atoms with E-state index in [1.54, 1.807) is 18.3 Å². The van der Waals surface area contributed by atoms with Crippen molar-refractivity contribution in [1.29, 1.82) is 0 Å². The maximum atomic E-state index is 10.9. The Morgan fingerprint density at radius 3 is 2.86 bits per heavy atom. The van der Waals surface area contributed by atoms with Crippen LogP contribution in [0.5, 0.6) is 0 Å². The minimum Gasteiger partial charge on any atom is -0.258 e. The molecule has 1 aromatic carbocycles. The number of benzene rings is 1. The quantitative estimate of drug-likeness (QED) is 0.419. The lowest BCUT2D eigenvalue weighted by Crippen LogP contribution is -2.01. The topological polar surface area (TPSA) is 86.7 Å². The third-order valence-corrected chi connectivity index (χ3v) is 2.95. The Bertz CT molecular complexity index is 877. The third-order valence-electron chi connectivity index (χ3n) is 2.95. The van der Waals surface area contributed by atoms with Crippen molar-refractivity contribution in [2.75, 3.05) is 0 Å². The molecule has 0 amide bonds. The molecule has 7 heteroatoms. The summed E-state index contributed by atoms with van der Waals surface area (Å²) in [5, 5.41) is 19.3. The predicted octanol–water partition coefficient (Wildman–Crippen LogP) is 2.18. The molecule has 0 fully saturated rings. The SMILES string of the molecule is O=[N+]([O-])c1cccc2nn(CCC#Cc3ccccn3)nc12. The van der Waals surface area contributed by atoms with Gasteiger partial charge < -0.3 is 0 Å². The minimum atomic E-state index is -0.456. The molecule has 0 aliphatic carbocycles. The Kier molecular flexibility index (Phi) is 3.74. The van der Waals surface area contributed by atoms with Crippen molar-refractivity contribution >= 4 is 16.7 Å². The molecule has 0 aliphatic rings. The number of aromatic nitrogens is 4. The number of nitrogens with zero attached hydrogens (tertiary/aromatic N) is 5. The largest absolute Gasteiger partial charge is 0.299 e. The first kappa shape index (κ1) is 13.7. The fraction of sp³-hybridized carbons (Fsp3) is 0.133. The van der Waals surface area contributed by atoms with E-state index in [-0.39, 0.29) is 5.69 Å². The standard InChI is InChI=1S/C15H11N5O2/c21-20(22)14-9-5-8-13-15(14)18-19(17-13)11-4-2-7-12-6-1-3-10-16-12/h1,3,5-6,8-10H,4,11H2. The molecule has 108 valence electrons. The molecule has 7 nitrogen and oxygen atoms in total. The second kappa shape index (κ2) is 6.01. The van der Waals surface area contributed by atoms with Crippen LogP contribution in [0.25, 0.3) is 11.0 Å². The summed E-state index contributed by atoms with van der Waals surface area (Å²) in [6.45, 7) is 0.464. The number of nitro groups is 1. The van der Waals surface area contributed by atoms with Crippen LogP contribution in [0, 0.1) is 22.0 Å². The molecule has 2 heterocycles. The minimum absolute atomic E-state index is 0.0386. The zero-order chi connectivity index (χ0) is 15.4. The second-order valence-corrected chi connectivity index (χ2v) is 4.46. The number of aryl methyl sites for hydroxylation is 1. The highest BCUT2D eigenvalue weighted by Gasteiger charge is 2.15. The average Bonchev–Trinajstić information content (AvgIpc) is 2.95. The van der Waals surface area contributed by atoms with E-state index >= 15 is 0 Å². The lowest BCUT2D eigenvalue weighted by molar-refractivity contribution is -0.383. The van der Waals surface area contributed by atoms with Crippen molar-refractivity contribution in [3.63, 3.8) is 0 Å². The van der Waals surface area contributed by atoms with E-state index in [4.69, 9.17) is 0 Å². The van der Waals surface area contributed by atoms with Crippen molar-refractivity contribution in [2.45, 2.75) is 13.0 Å². The van der Waals surface area contributed by atoms with E-state index in [1.165, 1.54) is 10.9 Å². The number of pyridine rings is 1. The Morgan fingerprint density at radius 2 is 2.09 bits per heavy atom. The molecule has 0 aliphatic heterocycles. The zero-order valence-corrected chi connectivity index (χ0v) is 11.5. The number of fused-ring (bicyclic) bond motifs is 1. The monoisotopic (exact) mass is 293 g/mol. The van der Waals surface area contributed by atoms with Gasteiger partial charge in [-0.05, 0) is 24.1 Å². The summed E-state index contributed by atoms with van der Waals surface area (Å²) in [6, 6.07) is 10.3. The number of non-ortho nitro benzene ring substituents is 1. The van der Waals surface area contributed by atoms with Crippen molar-refractivity contribution in [3.8, 4) is 11.8 Å². The number of rotatable bonds is 3. The van der Waals surface area contributed by atoms with Crippen molar-refractivity contribution in [2.24, 2.45) is 0 Å². The first-order valence-electron chi connectivity index (χ1n) is 6.62. The molecule has 0 atom stereocenters. The number of hydrogen-bond donors (Lipinski definition) is 0. The van der Waals surface area contributed by atoms with E-state index in [9.17, 15) is 10.1 Å². The van der Waals surface area contributed by atoms with Crippen LogP contribution in [-0.4, -0.2) is 24.9 Å². The lowest BCUT2D eigenvalue weighted by atomic mass is 10.3. The third kappa shape index (κ3) is 2.91. The number of nitro benzene ring substituents is 1. The summed E-state index contributed by atoms with van der Waals surface area (Å²) in [6.07, 6.45) is 2.22. The van der Waals surface area contributed by atoms with Crippen molar-refractivity contribution in [1.82, 2.24) is 20.0 Å². The van der Waals surface area contributed by atoms with Gasteiger partial charge in [0.1, 0.15) is 11.2 Å². The molecule has 0 N–H and O–H groups in total. The molecule has 0 radical (unpaired) electrons. The van der Waals surface area contributed by atoms with Crippen LogP contribution >= 0.6 is 0 Å². The van der Waals surface area contributed by atoms with E-state index in [1.807, 2.05) is 18.2 Å². The fourth-order valence-corrected chi connectivity index (χ4v) is 1.96. The molecule has 2 aromatic heterocycles. The fourth-order valence-electron chi connectivity index (χ4n) is 1.96. The van der Waals surface area contributed by atoms with E-state index in [0.717, 1.165) is 0 Å². The van der Waals surface area contributed by atoms with E-state index in [0.29, 0.717) is 29.7 Å². The summed E-state index contributed by atoms with van der Waals surface area (Å²) in [5.41, 5.74) is 1.47. The normalized spacial score (nSPS) is 10.2. The Balaban J connectivity index is 1.74. The van der Waals surface area contributed by atoms with Crippen molar-refractivity contribution < 1.29 is 4.92 Å². The molecule has 22 heavy (non-hydrogen) atoms. The summed E-state index contributed by atoms with van der Waals surface area (Å²) >= 11 is 0. The highest BCUT2D eigenvalue weighted by molar-refractivity contribution is 5.83. The maximum absolute atomic E-state index is 10.9. The molecule has 0 saturated carbocycles. The summed E-state index contributed by atoms with van der Waals surface area (Å²) in [4.78, 5) is 16.0. The van der Waals surface area contributed by atoms with Crippen molar-refractivity contribution in [3.05, 3.63) is 58.4 Å².